The van der Waals surface area contributed by atoms with Crippen LogP contribution in [0, 0.1) is 10.1 Å². The second-order valence-electron chi connectivity index (χ2n) is 6.75. The van der Waals surface area contributed by atoms with Crippen LogP contribution in [0.5, 0.6) is 0 Å². The maximum atomic E-state index is 13.2. The van der Waals surface area contributed by atoms with Gasteiger partial charge in [0, 0.05) is 28.8 Å². The Kier molecular flexibility index (Phi) is 5.07. The molecule has 0 amide bonds. The zero-order chi connectivity index (χ0) is 19.8. The van der Waals surface area contributed by atoms with Gasteiger partial charge in [0.15, 0.2) is 5.16 Å². The average molecular weight is 414 g/mol. The molecule has 2 aromatic heterocycles. The van der Waals surface area contributed by atoms with Crippen LogP contribution in [-0.4, -0.2) is 14.5 Å². The van der Waals surface area contributed by atoms with E-state index in [1.54, 1.807) is 34.1 Å². The fourth-order valence-corrected chi connectivity index (χ4v) is 5.89. The number of nitrogens with zero attached hydrogens (tertiary/aromatic N) is 3. The Morgan fingerprint density at radius 1 is 1.46 bits per heavy atom. The van der Waals surface area contributed by atoms with Crippen molar-refractivity contribution in [2.75, 3.05) is 0 Å². The fourth-order valence-electron chi connectivity index (χ4n) is 3.56. The second-order valence-corrected chi connectivity index (χ2v) is 9.14. The first kappa shape index (κ1) is 18.9. The lowest BCUT2D eigenvalue weighted by molar-refractivity contribution is -0.384. The number of allylic oxidation sites excluding steroid dienone is 1. The number of fused-ring (bicyclic) bond motifs is 3. The minimum atomic E-state index is -0.397. The molecule has 0 N–H and O–H groups in total. The number of benzene rings is 1. The molecule has 8 heteroatoms. The molecule has 2 heterocycles. The molecule has 0 saturated heterocycles. The summed E-state index contributed by atoms with van der Waals surface area (Å²) in [6.45, 7) is 6.13. The molecule has 1 aliphatic rings. The molecule has 0 fully saturated rings. The summed E-state index contributed by atoms with van der Waals surface area (Å²) < 4.78 is 1.67. The van der Waals surface area contributed by atoms with E-state index < -0.39 is 4.92 Å². The lowest BCUT2D eigenvalue weighted by atomic mass is 10.1. The first-order valence-electron chi connectivity index (χ1n) is 9.06. The molecule has 0 aliphatic heterocycles. The van der Waals surface area contributed by atoms with Crippen LogP contribution < -0.4 is 5.56 Å². The van der Waals surface area contributed by atoms with Crippen LogP contribution in [0.25, 0.3) is 10.2 Å². The number of thiophene rings is 1. The van der Waals surface area contributed by atoms with E-state index in [1.807, 2.05) is 13.0 Å². The Balaban J connectivity index is 1.76. The van der Waals surface area contributed by atoms with Gasteiger partial charge in [-0.25, -0.2) is 4.98 Å². The smallest absolute Gasteiger partial charge is 0.269 e. The highest BCUT2D eigenvalue weighted by atomic mass is 32.2. The van der Waals surface area contributed by atoms with E-state index in [9.17, 15) is 14.9 Å². The topological polar surface area (TPSA) is 78.0 Å². The Bertz CT molecular complexity index is 1150. The third kappa shape index (κ3) is 3.27. The van der Waals surface area contributed by atoms with Gasteiger partial charge in [-0.1, -0.05) is 30.0 Å². The number of rotatable bonds is 6. The summed E-state index contributed by atoms with van der Waals surface area (Å²) in [5.41, 5.74) is 2.04. The number of non-ortho nitro benzene ring substituents is 1. The number of thioether (sulfide) groups is 1. The van der Waals surface area contributed by atoms with Gasteiger partial charge in [0.05, 0.1) is 10.3 Å². The molecule has 0 radical (unpaired) electrons. The molecule has 28 heavy (non-hydrogen) atoms. The van der Waals surface area contributed by atoms with Gasteiger partial charge in [-0.3, -0.25) is 19.5 Å². The summed E-state index contributed by atoms with van der Waals surface area (Å²) in [7, 11) is 0. The van der Waals surface area contributed by atoms with Crippen molar-refractivity contribution in [1.29, 1.82) is 0 Å². The summed E-state index contributed by atoms with van der Waals surface area (Å²) in [6.07, 6.45) is 4.75. The molecule has 0 spiro atoms. The Labute approximate surface area is 170 Å². The first-order valence-corrected chi connectivity index (χ1v) is 10.8. The van der Waals surface area contributed by atoms with E-state index >= 15 is 0 Å². The van der Waals surface area contributed by atoms with Crippen LogP contribution in [-0.2, 0) is 19.4 Å². The Morgan fingerprint density at radius 2 is 2.29 bits per heavy atom. The van der Waals surface area contributed by atoms with Gasteiger partial charge in [0.2, 0.25) is 0 Å². The highest BCUT2D eigenvalue weighted by molar-refractivity contribution is 7.99. The van der Waals surface area contributed by atoms with Crippen LogP contribution in [0.15, 0.2) is 46.9 Å². The molecule has 1 atom stereocenters. The van der Waals surface area contributed by atoms with Crippen LogP contribution in [0.4, 0.5) is 5.69 Å². The Morgan fingerprint density at radius 3 is 3.04 bits per heavy atom. The largest absolute Gasteiger partial charge is 0.283 e. The molecule has 0 saturated carbocycles. The summed E-state index contributed by atoms with van der Waals surface area (Å²) >= 11 is 3.06. The molecule has 6 nitrogen and oxygen atoms in total. The van der Waals surface area contributed by atoms with Gasteiger partial charge in [-0.05, 0) is 37.3 Å². The number of hydrogen-bond donors (Lipinski definition) is 0. The average Bonchev–Trinajstić information content (AvgIpc) is 3.25. The van der Waals surface area contributed by atoms with Crippen LogP contribution >= 0.6 is 23.1 Å². The SMILES string of the molecule is C=CCn1c(S[C@@H](C)c2cccc([N+](=O)[O-])c2)nc2sc3c(c2c1=O)CCC3. The highest BCUT2D eigenvalue weighted by Gasteiger charge is 2.24. The molecular formula is C20H19N3O3S2. The summed E-state index contributed by atoms with van der Waals surface area (Å²) in [5, 5.41) is 12.4. The van der Waals surface area contributed by atoms with Gasteiger partial charge in [-0.15, -0.1) is 17.9 Å². The second kappa shape index (κ2) is 7.52. The molecule has 1 aliphatic carbocycles. The van der Waals surface area contributed by atoms with Crippen molar-refractivity contribution in [3.63, 3.8) is 0 Å². The first-order chi connectivity index (χ1) is 13.5. The van der Waals surface area contributed by atoms with Gasteiger partial charge >= 0.3 is 0 Å². The number of aryl methyl sites for hydroxylation is 2. The predicted octanol–water partition coefficient (Wildman–Crippen LogP) is 4.89. The van der Waals surface area contributed by atoms with Crippen molar-refractivity contribution in [3.8, 4) is 0 Å². The number of hydrogen-bond acceptors (Lipinski definition) is 6. The van der Waals surface area contributed by atoms with E-state index in [0.29, 0.717) is 11.7 Å². The predicted molar refractivity (Wildman–Crippen MR) is 113 cm³/mol. The lowest BCUT2D eigenvalue weighted by Gasteiger charge is -2.15. The van der Waals surface area contributed by atoms with E-state index in [-0.39, 0.29) is 16.5 Å². The van der Waals surface area contributed by atoms with Crippen molar-refractivity contribution in [3.05, 3.63) is 73.4 Å². The van der Waals surface area contributed by atoms with E-state index in [0.717, 1.165) is 35.0 Å². The molecule has 0 bridgehead atoms. The summed E-state index contributed by atoms with van der Waals surface area (Å²) in [6, 6.07) is 6.60. The van der Waals surface area contributed by atoms with E-state index in [2.05, 4.69) is 6.58 Å². The number of nitro groups is 1. The lowest BCUT2D eigenvalue weighted by Crippen LogP contribution is -2.23. The molecular weight excluding hydrogens is 394 g/mol. The molecule has 4 rings (SSSR count). The zero-order valence-electron chi connectivity index (χ0n) is 15.4. The molecule has 0 unspecified atom stereocenters. The van der Waals surface area contributed by atoms with Crippen molar-refractivity contribution < 1.29 is 4.92 Å². The third-order valence-corrected chi connectivity index (χ3v) is 7.27. The van der Waals surface area contributed by atoms with E-state index in [1.165, 1.54) is 28.3 Å². The Hall–Kier alpha value is -2.45. The maximum absolute atomic E-state index is 13.2. The van der Waals surface area contributed by atoms with Crippen LogP contribution in [0.2, 0.25) is 0 Å². The molecule has 1 aromatic carbocycles. The zero-order valence-corrected chi connectivity index (χ0v) is 17.0. The van der Waals surface area contributed by atoms with E-state index in [4.69, 9.17) is 4.98 Å². The van der Waals surface area contributed by atoms with Gasteiger partial charge in [0.1, 0.15) is 4.83 Å². The summed E-state index contributed by atoms with van der Waals surface area (Å²) in [5.74, 6) is 0. The fraction of sp³-hybridized carbons (Fsp3) is 0.300. The normalized spacial score (nSPS) is 14.2. The quantitative estimate of drug-likeness (QED) is 0.189. The van der Waals surface area contributed by atoms with Crippen molar-refractivity contribution in [2.45, 2.75) is 43.1 Å². The van der Waals surface area contributed by atoms with Crippen molar-refractivity contribution in [1.82, 2.24) is 9.55 Å². The van der Waals surface area contributed by atoms with Crippen molar-refractivity contribution >= 4 is 39.0 Å². The number of aromatic nitrogens is 2. The standard InChI is InChI=1S/C20H19N3O3S2/c1-3-10-22-19(24)17-15-8-5-9-16(15)28-18(17)21-20(22)27-12(2)13-6-4-7-14(11-13)23(25)26/h3-4,6-7,11-12H,1,5,8-10H2,2H3/t12-/m0/s1. The van der Waals surface area contributed by atoms with Gasteiger partial charge in [0.25, 0.3) is 11.2 Å². The highest BCUT2D eigenvalue weighted by Crippen LogP contribution is 2.38. The van der Waals surface area contributed by atoms with Crippen LogP contribution in [0.1, 0.15) is 34.6 Å². The minimum absolute atomic E-state index is 0.0157. The minimum Gasteiger partial charge on any atom is -0.283 e. The summed E-state index contributed by atoms with van der Waals surface area (Å²) in [4.78, 5) is 30.7. The maximum Gasteiger partial charge on any atom is 0.269 e. The molecule has 144 valence electrons. The number of nitro benzene ring substituents is 1. The van der Waals surface area contributed by atoms with Crippen molar-refractivity contribution in [2.24, 2.45) is 0 Å². The van der Waals surface area contributed by atoms with Gasteiger partial charge in [-0.2, -0.15) is 0 Å². The third-order valence-electron chi connectivity index (χ3n) is 4.93. The monoisotopic (exact) mass is 413 g/mol. The van der Waals surface area contributed by atoms with Gasteiger partial charge < -0.3 is 0 Å². The van der Waals surface area contributed by atoms with Crippen LogP contribution in [0.3, 0.4) is 0 Å². The molecule has 3 aromatic rings.